The van der Waals surface area contributed by atoms with Crippen LogP contribution in [0.4, 0.5) is 5.69 Å². The molecule has 0 aromatic heterocycles. The fourth-order valence-electron chi connectivity index (χ4n) is 3.86. The standard InChI is InChI=1S/C27H30ClN3O4S/c1-20-14-15-23(28)18-25(20)31(36(34,35)24-12-8-5-9-13-24)19-26(32)30(21(2)27(33)29-3)17-16-22-10-6-4-7-11-22/h4-15,18,21H,16-17,19H2,1-3H3,(H,29,33)/t21-/m0/s1. The van der Waals surface area contributed by atoms with Crippen molar-refractivity contribution < 1.29 is 18.0 Å². The van der Waals surface area contributed by atoms with E-state index in [4.69, 9.17) is 11.6 Å². The van der Waals surface area contributed by atoms with E-state index in [1.54, 1.807) is 44.2 Å². The first-order chi connectivity index (χ1) is 17.1. The molecular formula is C27H30ClN3O4S. The van der Waals surface area contributed by atoms with Crippen LogP contribution in [0.3, 0.4) is 0 Å². The molecule has 0 fully saturated rings. The molecule has 0 saturated heterocycles. The minimum atomic E-state index is -4.11. The van der Waals surface area contributed by atoms with Gasteiger partial charge in [-0.2, -0.15) is 0 Å². The highest BCUT2D eigenvalue weighted by atomic mass is 35.5. The SMILES string of the molecule is CNC(=O)[C@H](C)N(CCc1ccccc1)C(=O)CN(c1cc(Cl)ccc1C)S(=O)(=O)c1ccccc1. The second kappa shape index (κ2) is 12.1. The van der Waals surface area contributed by atoms with Crippen LogP contribution in [-0.2, 0) is 26.0 Å². The third-order valence-corrected chi connectivity index (χ3v) is 7.96. The molecule has 0 aliphatic heterocycles. The van der Waals surface area contributed by atoms with Crippen molar-refractivity contribution in [3.05, 3.63) is 95.0 Å². The van der Waals surface area contributed by atoms with E-state index in [-0.39, 0.29) is 17.3 Å². The summed E-state index contributed by atoms with van der Waals surface area (Å²) in [4.78, 5) is 27.6. The number of nitrogens with one attached hydrogen (secondary N) is 1. The molecule has 1 N–H and O–H groups in total. The van der Waals surface area contributed by atoms with Gasteiger partial charge >= 0.3 is 0 Å². The summed E-state index contributed by atoms with van der Waals surface area (Å²) < 4.78 is 28.5. The van der Waals surface area contributed by atoms with Crippen molar-refractivity contribution in [3.8, 4) is 0 Å². The lowest BCUT2D eigenvalue weighted by molar-refractivity contribution is -0.138. The molecule has 0 aliphatic carbocycles. The van der Waals surface area contributed by atoms with Crippen LogP contribution in [0.2, 0.25) is 5.02 Å². The lowest BCUT2D eigenvalue weighted by Gasteiger charge is -2.32. The van der Waals surface area contributed by atoms with Crippen molar-refractivity contribution in [2.24, 2.45) is 0 Å². The molecule has 2 amide bonds. The maximum Gasteiger partial charge on any atom is 0.264 e. The number of benzene rings is 3. The summed E-state index contributed by atoms with van der Waals surface area (Å²) >= 11 is 6.21. The van der Waals surface area contributed by atoms with Crippen LogP contribution in [0.5, 0.6) is 0 Å². The Morgan fingerprint density at radius 3 is 2.19 bits per heavy atom. The number of anilines is 1. The molecule has 0 spiro atoms. The Balaban J connectivity index is 2.00. The Bertz CT molecular complexity index is 1300. The first-order valence-corrected chi connectivity index (χ1v) is 13.4. The summed E-state index contributed by atoms with van der Waals surface area (Å²) in [6.07, 6.45) is 0.509. The van der Waals surface area contributed by atoms with Crippen LogP contribution < -0.4 is 9.62 Å². The summed E-state index contributed by atoms with van der Waals surface area (Å²) in [7, 11) is -2.61. The van der Waals surface area contributed by atoms with Gasteiger partial charge in [-0.05, 0) is 55.7 Å². The van der Waals surface area contributed by atoms with Gasteiger partial charge in [-0.1, -0.05) is 66.2 Å². The second-order valence-corrected chi connectivity index (χ2v) is 10.7. The quantitative estimate of drug-likeness (QED) is 0.431. The van der Waals surface area contributed by atoms with Crippen LogP contribution >= 0.6 is 11.6 Å². The highest BCUT2D eigenvalue weighted by molar-refractivity contribution is 7.92. The molecule has 7 nitrogen and oxygen atoms in total. The van der Waals surface area contributed by atoms with Gasteiger partial charge < -0.3 is 10.2 Å². The summed E-state index contributed by atoms with van der Waals surface area (Å²) in [6.45, 7) is 3.13. The van der Waals surface area contributed by atoms with E-state index < -0.39 is 28.5 Å². The number of carbonyl (C=O) groups is 2. The highest BCUT2D eigenvalue weighted by Gasteiger charge is 2.32. The van der Waals surface area contributed by atoms with Crippen LogP contribution in [0.25, 0.3) is 0 Å². The zero-order chi connectivity index (χ0) is 26.3. The molecule has 0 saturated carbocycles. The zero-order valence-corrected chi connectivity index (χ0v) is 22.1. The Morgan fingerprint density at radius 2 is 1.58 bits per heavy atom. The summed E-state index contributed by atoms with van der Waals surface area (Å²) in [5.74, 6) is -0.839. The molecule has 190 valence electrons. The molecule has 0 bridgehead atoms. The summed E-state index contributed by atoms with van der Waals surface area (Å²) in [5.41, 5.74) is 1.94. The van der Waals surface area contributed by atoms with Gasteiger partial charge in [0.1, 0.15) is 12.6 Å². The van der Waals surface area contributed by atoms with E-state index in [1.165, 1.54) is 30.1 Å². The van der Waals surface area contributed by atoms with E-state index in [2.05, 4.69) is 5.32 Å². The van der Waals surface area contributed by atoms with Gasteiger partial charge in [-0.3, -0.25) is 13.9 Å². The first kappa shape index (κ1) is 27.2. The minimum Gasteiger partial charge on any atom is -0.357 e. The fraction of sp³-hybridized carbons (Fsp3) is 0.259. The average Bonchev–Trinajstić information content (AvgIpc) is 2.89. The van der Waals surface area contributed by atoms with Crippen molar-refractivity contribution in [1.29, 1.82) is 0 Å². The van der Waals surface area contributed by atoms with Gasteiger partial charge in [0.15, 0.2) is 0 Å². The number of halogens is 1. The Labute approximate surface area is 217 Å². The fourth-order valence-corrected chi connectivity index (χ4v) is 5.52. The monoisotopic (exact) mass is 527 g/mol. The van der Waals surface area contributed by atoms with E-state index in [0.29, 0.717) is 22.7 Å². The predicted molar refractivity (Wildman–Crippen MR) is 143 cm³/mol. The van der Waals surface area contributed by atoms with E-state index in [0.717, 1.165) is 9.87 Å². The van der Waals surface area contributed by atoms with Gasteiger partial charge in [0, 0.05) is 18.6 Å². The number of aryl methyl sites for hydroxylation is 1. The number of rotatable bonds is 10. The number of hydrogen-bond donors (Lipinski definition) is 1. The first-order valence-electron chi connectivity index (χ1n) is 11.5. The number of likely N-dealkylation sites (N-methyl/N-ethyl adjacent to an activating group) is 1. The molecule has 9 heteroatoms. The Morgan fingerprint density at radius 1 is 0.972 bits per heavy atom. The Hall–Kier alpha value is -3.36. The molecule has 3 aromatic carbocycles. The number of hydrogen-bond acceptors (Lipinski definition) is 4. The highest BCUT2D eigenvalue weighted by Crippen LogP contribution is 2.29. The third kappa shape index (κ3) is 6.44. The minimum absolute atomic E-state index is 0.0485. The van der Waals surface area contributed by atoms with Crippen molar-refractivity contribution in [2.75, 3.05) is 24.4 Å². The van der Waals surface area contributed by atoms with E-state index in [1.807, 2.05) is 30.3 Å². The lowest BCUT2D eigenvalue weighted by Crippen LogP contribution is -2.51. The normalized spacial score (nSPS) is 12.0. The lowest BCUT2D eigenvalue weighted by atomic mass is 10.1. The van der Waals surface area contributed by atoms with Gasteiger partial charge in [0.05, 0.1) is 10.6 Å². The second-order valence-electron chi connectivity index (χ2n) is 8.37. The average molecular weight is 528 g/mol. The van der Waals surface area contributed by atoms with Crippen molar-refractivity contribution in [1.82, 2.24) is 10.2 Å². The Kier molecular flexibility index (Phi) is 9.12. The van der Waals surface area contributed by atoms with Crippen molar-refractivity contribution >= 4 is 39.1 Å². The molecule has 0 unspecified atom stereocenters. The van der Waals surface area contributed by atoms with Gasteiger partial charge in [-0.15, -0.1) is 0 Å². The van der Waals surface area contributed by atoms with Gasteiger partial charge in [0.2, 0.25) is 11.8 Å². The van der Waals surface area contributed by atoms with Crippen LogP contribution in [0.15, 0.2) is 83.8 Å². The van der Waals surface area contributed by atoms with Gasteiger partial charge in [0.25, 0.3) is 10.0 Å². The molecule has 1 atom stereocenters. The molecule has 3 aromatic rings. The van der Waals surface area contributed by atoms with E-state index >= 15 is 0 Å². The molecule has 0 aliphatic rings. The summed E-state index contributed by atoms with van der Waals surface area (Å²) in [5, 5.41) is 2.92. The largest absolute Gasteiger partial charge is 0.357 e. The van der Waals surface area contributed by atoms with Crippen LogP contribution in [0, 0.1) is 6.92 Å². The van der Waals surface area contributed by atoms with Crippen LogP contribution in [-0.4, -0.2) is 51.3 Å². The van der Waals surface area contributed by atoms with Gasteiger partial charge in [-0.25, -0.2) is 8.42 Å². The number of nitrogens with zero attached hydrogens (tertiary/aromatic N) is 2. The topological polar surface area (TPSA) is 86.8 Å². The molecule has 0 radical (unpaired) electrons. The molecule has 36 heavy (non-hydrogen) atoms. The van der Waals surface area contributed by atoms with E-state index in [9.17, 15) is 18.0 Å². The number of sulfonamides is 1. The number of amides is 2. The number of carbonyl (C=O) groups excluding carboxylic acids is 2. The van der Waals surface area contributed by atoms with Crippen molar-refractivity contribution in [3.63, 3.8) is 0 Å². The smallest absolute Gasteiger partial charge is 0.264 e. The maximum atomic E-state index is 13.7. The molecular weight excluding hydrogens is 498 g/mol. The maximum absolute atomic E-state index is 13.7. The summed E-state index contributed by atoms with van der Waals surface area (Å²) in [6, 6.07) is 21.6. The van der Waals surface area contributed by atoms with Crippen LogP contribution in [0.1, 0.15) is 18.1 Å². The predicted octanol–water partition coefficient (Wildman–Crippen LogP) is 4.05. The zero-order valence-electron chi connectivity index (χ0n) is 20.5. The third-order valence-electron chi connectivity index (χ3n) is 5.95. The van der Waals surface area contributed by atoms with Crippen molar-refractivity contribution in [2.45, 2.75) is 31.2 Å². The molecule has 3 rings (SSSR count). The molecule has 0 heterocycles.